The zero-order valence-electron chi connectivity index (χ0n) is 15.0. The Balaban J connectivity index is 1.97. The molecule has 1 saturated heterocycles. The van der Waals surface area contributed by atoms with Gasteiger partial charge in [0, 0.05) is 17.8 Å². The summed E-state index contributed by atoms with van der Waals surface area (Å²) in [6.45, 7) is 8.27. The molecule has 0 aliphatic carbocycles. The number of halogens is 1. The van der Waals surface area contributed by atoms with Gasteiger partial charge in [-0.2, -0.15) is 0 Å². The summed E-state index contributed by atoms with van der Waals surface area (Å²) in [5.41, 5.74) is 0.541. The monoisotopic (exact) mass is 366 g/mol. The molecule has 7 heteroatoms. The topological polar surface area (TPSA) is 82.3 Å². The van der Waals surface area contributed by atoms with E-state index < -0.39 is 0 Å². The van der Waals surface area contributed by atoms with E-state index in [0.717, 1.165) is 25.9 Å². The molecular formula is C18H27ClN4O2. The minimum absolute atomic E-state index is 0.226. The molecule has 1 unspecified atom stereocenters. The molecule has 6 nitrogen and oxygen atoms in total. The van der Waals surface area contributed by atoms with E-state index in [9.17, 15) is 9.59 Å². The molecule has 1 aromatic carbocycles. The van der Waals surface area contributed by atoms with Crippen molar-refractivity contribution in [1.82, 2.24) is 16.0 Å². The van der Waals surface area contributed by atoms with E-state index in [1.54, 1.807) is 18.2 Å². The third kappa shape index (κ3) is 6.55. The molecule has 1 aliphatic heterocycles. The van der Waals surface area contributed by atoms with Crippen LogP contribution in [0.4, 0.5) is 10.5 Å². The number of nitrogens with one attached hydrogen (secondary N) is 4. The van der Waals surface area contributed by atoms with Gasteiger partial charge in [0.2, 0.25) is 0 Å². The van der Waals surface area contributed by atoms with Crippen molar-refractivity contribution in [3.63, 3.8) is 0 Å². The standard InChI is InChI=1S/C18H27ClN4O2/c1-18(2,3)23-17(25)22-13-6-7-15(19)14(9-13)16(24)21-11-12-5-4-8-20-10-12/h6-7,9,12,20H,4-5,8,10-11H2,1-3H3,(H,21,24)(H2,22,23,25). The summed E-state index contributed by atoms with van der Waals surface area (Å²) < 4.78 is 0. The SMILES string of the molecule is CC(C)(C)NC(=O)Nc1ccc(Cl)c(C(=O)NCC2CCCNC2)c1. The Morgan fingerprint density at radius 1 is 1.32 bits per heavy atom. The van der Waals surface area contributed by atoms with Crippen LogP contribution in [0.1, 0.15) is 44.0 Å². The number of rotatable bonds is 4. The van der Waals surface area contributed by atoms with Gasteiger partial charge in [0.15, 0.2) is 0 Å². The van der Waals surface area contributed by atoms with E-state index in [-0.39, 0.29) is 17.5 Å². The van der Waals surface area contributed by atoms with Crippen molar-refractivity contribution in [3.8, 4) is 0 Å². The lowest BCUT2D eigenvalue weighted by molar-refractivity contribution is 0.0945. The molecular weight excluding hydrogens is 340 g/mol. The normalized spacial score (nSPS) is 17.7. The zero-order valence-corrected chi connectivity index (χ0v) is 15.8. The Labute approximate surface area is 154 Å². The average Bonchev–Trinajstić information content (AvgIpc) is 2.53. The maximum absolute atomic E-state index is 12.4. The van der Waals surface area contributed by atoms with Gasteiger partial charge in [0.25, 0.3) is 5.91 Å². The quantitative estimate of drug-likeness (QED) is 0.661. The van der Waals surface area contributed by atoms with Crippen LogP contribution in [-0.2, 0) is 0 Å². The van der Waals surface area contributed by atoms with Crippen LogP contribution in [-0.4, -0.2) is 37.1 Å². The van der Waals surface area contributed by atoms with Gasteiger partial charge in [-0.1, -0.05) is 11.6 Å². The minimum atomic E-state index is -0.343. The summed E-state index contributed by atoms with van der Waals surface area (Å²) in [6.07, 6.45) is 2.24. The number of benzene rings is 1. The Morgan fingerprint density at radius 3 is 2.72 bits per heavy atom. The lowest BCUT2D eigenvalue weighted by Crippen LogP contribution is -2.43. The van der Waals surface area contributed by atoms with Gasteiger partial charge < -0.3 is 21.3 Å². The summed E-state index contributed by atoms with van der Waals surface area (Å²) in [5, 5.41) is 12.2. The van der Waals surface area contributed by atoms with E-state index >= 15 is 0 Å². The van der Waals surface area contributed by atoms with Crippen LogP contribution in [0.3, 0.4) is 0 Å². The second kappa shape index (κ2) is 8.54. The fourth-order valence-electron chi connectivity index (χ4n) is 2.71. The smallest absolute Gasteiger partial charge is 0.319 e. The molecule has 25 heavy (non-hydrogen) atoms. The van der Waals surface area contributed by atoms with Gasteiger partial charge in [0.05, 0.1) is 10.6 Å². The first-order valence-electron chi connectivity index (χ1n) is 8.62. The third-order valence-corrected chi connectivity index (χ3v) is 4.24. The number of amides is 3. The molecule has 3 amide bonds. The fourth-order valence-corrected chi connectivity index (χ4v) is 2.91. The second-order valence-corrected chi connectivity index (χ2v) is 7.85. The molecule has 4 N–H and O–H groups in total. The number of anilines is 1. The Kier molecular flexibility index (Phi) is 6.67. The summed E-state index contributed by atoms with van der Waals surface area (Å²) in [7, 11) is 0. The van der Waals surface area contributed by atoms with Gasteiger partial charge in [-0.25, -0.2) is 4.79 Å². The molecule has 0 spiro atoms. The summed E-state index contributed by atoms with van der Waals surface area (Å²) in [5.74, 6) is 0.214. The zero-order chi connectivity index (χ0) is 18.4. The summed E-state index contributed by atoms with van der Waals surface area (Å²) in [6, 6.07) is 4.56. The first-order chi connectivity index (χ1) is 11.7. The van der Waals surface area contributed by atoms with Crippen LogP contribution in [0.2, 0.25) is 5.02 Å². The van der Waals surface area contributed by atoms with Gasteiger partial charge in [-0.05, 0) is 70.8 Å². The van der Waals surface area contributed by atoms with E-state index in [2.05, 4.69) is 21.3 Å². The maximum Gasteiger partial charge on any atom is 0.319 e. The number of urea groups is 1. The van der Waals surface area contributed by atoms with Gasteiger partial charge in [0.1, 0.15) is 0 Å². The summed E-state index contributed by atoms with van der Waals surface area (Å²) >= 11 is 6.15. The van der Waals surface area contributed by atoms with Crippen molar-refractivity contribution in [2.75, 3.05) is 25.0 Å². The Bertz CT molecular complexity index is 622. The lowest BCUT2D eigenvalue weighted by Gasteiger charge is -2.23. The van der Waals surface area contributed by atoms with Crippen LogP contribution < -0.4 is 21.3 Å². The van der Waals surface area contributed by atoms with Crippen LogP contribution in [0, 0.1) is 5.92 Å². The van der Waals surface area contributed by atoms with Crippen molar-refractivity contribution in [2.45, 2.75) is 39.2 Å². The van der Waals surface area contributed by atoms with Crippen molar-refractivity contribution in [1.29, 1.82) is 0 Å². The molecule has 1 fully saturated rings. The number of carbonyl (C=O) groups is 2. The lowest BCUT2D eigenvalue weighted by atomic mass is 9.99. The van der Waals surface area contributed by atoms with Gasteiger partial charge in [-0.3, -0.25) is 4.79 Å². The largest absolute Gasteiger partial charge is 0.352 e. The van der Waals surface area contributed by atoms with Crippen molar-refractivity contribution in [3.05, 3.63) is 28.8 Å². The maximum atomic E-state index is 12.4. The van der Waals surface area contributed by atoms with Crippen molar-refractivity contribution >= 4 is 29.2 Å². The highest BCUT2D eigenvalue weighted by atomic mass is 35.5. The fraction of sp³-hybridized carbons (Fsp3) is 0.556. The third-order valence-electron chi connectivity index (χ3n) is 3.91. The van der Waals surface area contributed by atoms with Crippen LogP contribution >= 0.6 is 11.6 Å². The van der Waals surface area contributed by atoms with E-state index in [1.807, 2.05) is 20.8 Å². The number of carbonyl (C=O) groups excluding carboxylic acids is 2. The molecule has 0 bridgehead atoms. The van der Waals surface area contributed by atoms with Gasteiger partial charge in [-0.15, -0.1) is 0 Å². The molecule has 1 heterocycles. The molecule has 0 aromatic heterocycles. The van der Waals surface area contributed by atoms with Crippen molar-refractivity contribution < 1.29 is 9.59 Å². The molecule has 0 radical (unpaired) electrons. The minimum Gasteiger partial charge on any atom is -0.352 e. The molecule has 1 aromatic rings. The molecule has 138 valence electrons. The van der Waals surface area contributed by atoms with Crippen LogP contribution in [0.25, 0.3) is 0 Å². The number of piperidine rings is 1. The molecule has 1 atom stereocenters. The highest BCUT2D eigenvalue weighted by Gasteiger charge is 2.18. The van der Waals surface area contributed by atoms with E-state index in [4.69, 9.17) is 11.6 Å². The highest BCUT2D eigenvalue weighted by Crippen LogP contribution is 2.21. The van der Waals surface area contributed by atoms with Gasteiger partial charge >= 0.3 is 6.03 Å². The number of hydrogen-bond donors (Lipinski definition) is 4. The number of hydrogen-bond acceptors (Lipinski definition) is 3. The van der Waals surface area contributed by atoms with Crippen LogP contribution in [0.15, 0.2) is 18.2 Å². The van der Waals surface area contributed by atoms with E-state index in [1.165, 1.54) is 0 Å². The predicted molar refractivity (Wildman–Crippen MR) is 101 cm³/mol. The molecule has 0 saturated carbocycles. The van der Waals surface area contributed by atoms with Crippen LogP contribution in [0.5, 0.6) is 0 Å². The first kappa shape index (κ1) is 19.5. The molecule has 1 aliphatic rings. The van der Waals surface area contributed by atoms with E-state index in [0.29, 0.717) is 28.7 Å². The second-order valence-electron chi connectivity index (χ2n) is 7.45. The highest BCUT2D eigenvalue weighted by molar-refractivity contribution is 6.34. The van der Waals surface area contributed by atoms with Crippen molar-refractivity contribution in [2.24, 2.45) is 5.92 Å². The first-order valence-corrected chi connectivity index (χ1v) is 9.00. The molecule has 2 rings (SSSR count). The Morgan fingerprint density at radius 2 is 2.08 bits per heavy atom. The Hall–Kier alpha value is -1.79. The average molecular weight is 367 g/mol. The predicted octanol–water partition coefficient (Wildman–Crippen LogP) is 2.99. The summed E-state index contributed by atoms with van der Waals surface area (Å²) in [4.78, 5) is 24.4.